The van der Waals surface area contributed by atoms with E-state index < -0.39 is 0 Å². The Morgan fingerprint density at radius 2 is 1.50 bits per heavy atom. The van der Waals surface area contributed by atoms with Gasteiger partial charge in [-0.15, -0.1) is 0 Å². The number of hydrogen-bond acceptors (Lipinski definition) is 1. The summed E-state index contributed by atoms with van der Waals surface area (Å²) in [6.45, 7) is 23.2. The van der Waals surface area contributed by atoms with Gasteiger partial charge < -0.3 is 4.90 Å². The molecular formula is C27H45N. The minimum Gasteiger partial charge on any atom is -0.365 e. The maximum Gasteiger partial charge on any atom is 0.0441 e. The highest BCUT2D eigenvalue weighted by atomic mass is 15.2. The van der Waals surface area contributed by atoms with Crippen molar-refractivity contribution in [2.75, 3.05) is 11.4 Å². The fourth-order valence-electron chi connectivity index (χ4n) is 6.89. The van der Waals surface area contributed by atoms with E-state index >= 15 is 0 Å². The third kappa shape index (κ3) is 3.75. The van der Waals surface area contributed by atoms with Crippen LogP contribution >= 0.6 is 0 Å². The van der Waals surface area contributed by atoms with Gasteiger partial charge in [0.1, 0.15) is 0 Å². The van der Waals surface area contributed by atoms with Crippen LogP contribution in [-0.4, -0.2) is 12.1 Å². The third-order valence-electron chi connectivity index (χ3n) is 7.92. The van der Waals surface area contributed by atoms with Gasteiger partial charge in [0.05, 0.1) is 0 Å². The molecule has 1 aliphatic carbocycles. The highest BCUT2D eigenvalue weighted by Crippen LogP contribution is 2.58. The van der Waals surface area contributed by atoms with Crippen LogP contribution in [0.15, 0.2) is 18.2 Å². The summed E-state index contributed by atoms with van der Waals surface area (Å²) < 4.78 is 0. The molecule has 28 heavy (non-hydrogen) atoms. The summed E-state index contributed by atoms with van der Waals surface area (Å²) in [5.41, 5.74) is 5.35. The Balaban J connectivity index is 2.11. The van der Waals surface area contributed by atoms with Crippen molar-refractivity contribution >= 4 is 5.69 Å². The first-order valence-corrected chi connectivity index (χ1v) is 11.9. The Hall–Kier alpha value is -0.980. The minimum atomic E-state index is 0.221. The molecule has 1 aromatic carbocycles. The molecule has 1 aromatic rings. The smallest absolute Gasteiger partial charge is 0.0441 e. The maximum absolute atomic E-state index is 2.85. The summed E-state index contributed by atoms with van der Waals surface area (Å²) in [5, 5.41) is 0. The molecule has 1 spiro atoms. The highest BCUT2D eigenvalue weighted by Gasteiger charge is 2.55. The lowest BCUT2D eigenvalue weighted by Crippen LogP contribution is -2.42. The van der Waals surface area contributed by atoms with Crippen molar-refractivity contribution in [3.05, 3.63) is 29.3 Å². The van der Waals surface area contributed by atoms with Crippen molar-refractivity contribution in [2.45, 2.75) is 105 Å². The quantitative estimate of drug-likeness (QED) is 0.509. The average molecular weight is 384 g/mol. The molecule has 1 aliphatic heterocycles. The molecule has 1 nitrogen and oxygen atoms in total. The molecule has 3 atom stereocenters. The molecule has 2 fully saturated rings. The summed E-state index contributed by atoms with van der Waals surface area (Å²) in [6.07, 6.45) is 5.60. The molecular weight excluding hydrogens is 338 g/mol. The van der Waals surface area contributed by atoms with Crippen LogP contribution in [0.2, 0.25) is 0 Å². The number of nitrogens with zero attached hydrogens (tertiary/aromatic N) is 1. The second kappa shape index (κ2) is 7.69. The van der Waals surface area contributed by atoms with E-state index in [0.717, 1.165) is 17.8 Å². The average Bonchev–Trinajstić information content (AvgIpc) is 2.83. The largest absolute Gasteiger partial charge is 0.365 e. The molecule has 1 heterocycles. The Labute approximate surface area is 175 Å². The SMILES string of the molecule is CC(C)c1cccc(C(C)C)c1N1CC2(C[C@@H](C)CC[C@@H]2C(C)C)CC1(C)C. The summed E-state index contributed by atoms with van der Waals surface area (Å²) in [4.78, 5) is 2.85. The molecule has 1 heteroatoms. The van der Waals surface area contributed by atoms with Crippen LogP contribution in [0, 0.1) is 23.2 Å². The van der Waals surface area contributed by atoms with Gasteiger partial charge in [0, 0.05) is 17.8 Å². The molecule has 0 radical (unpaired) electrons. The van der Waals surface area contributed by atoms with Crippen molar-refractivity contribution in [1.82, 2.24) is 0 Å². The van der Waals surface area contributed by atoms with Gasteiger partial charge in [-0.2, -0.15) is 0 Å². The normalized spacial score (nSPS) is 30.2. The van der Waals surface area contributed by atoms with Gasteiger partial charge in [-0.3, -0.25) is 0 Å². The van der Waals surface area contributed by atoms with E-state index in [1.807, 2.05) is 0 Å². The van der Waals surface area contributed by atoms with E-state index in [-0.39, 0.29) is 5.54 Å². The van der Waals surface area contributed by atoms with Crippen LogP contribution < -0.4 is 4.90 Å². The second-order valence-electron chi connectivity index (χ2n) is 11.8. The molecule has 1 unspecified atom stereocenters. The summed E-state index contributed by atoms with van der Waals surface area (Å²) in [5.74, 6) is 3.64. The second-order valence-corrected chi connectivity index (χ2v) is 11.8. The Kier molecular flexibility index (Phi) is 5.97. The fraction of sp³-hybridized carbons (Fsp3) is 0.778. The van der Waals surface area contributed by atoms with Gasteiger partial charge in [-0.05, 0) is 79.2 Å². The molecule has 0 amide bonds. The Morgan fingerprint density at radius 1 is 0.929 bits per heavy atom. The molecule has 0 aromatic heterocycles. The van der Waals surface area contributed by atoms with Gasteiger partial charge in [0.25, 0.3) is 0 Å². The molecule has 158 valence electrons. The van der Waals surface area contributed by atoms with E-state index in [2.05, 4.69) is 85.4 Å². The highest BCUT2D eigenvalue weighted by molar-refractivity contribution is 5.64. The van der Waals surface area contributed by atoms with Crippen LogP contribution in [0.25, 0.3) is 0 Å². The van der Waals surface area contributed by atoms with Crippen LogP contribution in [-0.2, 0) is 0 Å². The van der Waals surface area contributed by atoms with Gasteiger partial charge >= 0.3 is 0 Å². The molecule has 1 saturated heterocycles. The molecule has 0 N–H and O–H groups in total. The lowest BCUT2D eigenvalue weighted by atomic mass is 9.58. The lowest BCUT2D eigenvalue weighted by Gasteiger charge is -2.46. The minimum absolute atomic E-state index is 0.221. The van der Waals surface area contributed by atoms with Crippen molar-refractivity contribution in [1.29, 1.82) is 0 Å². The third-order valence-corrected chi connectivity index (χ3v) is 7.92. The van der Waals surface area contributed by atoms with Crippen molar-refractivity contribution in [3.63, 3.8) is 0 Å². The van der Waals surface area contributed by atoms with Crippen molar-refractivity contribution < 1.29 is 0 Å². The first kappa shape index (κ1) is 21.7. The summed E-state index contributed by atoms with van der Waals surface area (Å²) >= 11 is 0. The topological polar surface area (TPSA) is 3.24 Å². The van der Waals surface area contributed by atoms with E-state index in [1.165, 1.54) is 32.2 Å². The zero-order valence-electron chi connectivity index (χ0n) is 20.1. The Bertz CT molecular complexity index is 657. The van der Waals surface area contributed by atoms with E-state index in [1.54, 1.807) is 16.8 Å². The molecule has 3 rings (SSSR count). The Morgan fingerprint density at radius 3 is 2.00 bits per heavy atom. The molecule has 1 saturated carbocycles. The van der Waals surface area contributed by atoms with E-state index in [4.69, 9.17) is 0 Å². The number of para-hydroxylation sites is 1. The van der Waals surface area contributed by atoms with Gasteiger partial charge in [0.15, 0.2) is 0 Å². The van der Waals surface area contributed by atoms with E-state index in [9.17, 15) is 0 Å². The number of benzene rings is 1. The predicted molar refractivity (Wildman–Crippen MR) is 124 cm³/mol. The molecule has 2 aliphatic rings. The van der Waals surface area contributed by atoms with E-state index in [0.29, 0.717) is 17.3 Å². The maximum atomic E-state index is 2.85. The summed E-state index contributed by atoms with van der Waals surface area (Å²) in [6, 6.07) is 7.05. The first-order valence-electron chi connectivity index (χ1n) is 11.9. The monoisotopic (exact) mass is 383 g/mol. The predicted octanol–water partition coefficient (Wildman–Crippen LogP) is 8.00. The van der Waals surface area contributed by atoms with Crippen LogP contribution in [0.1, 0.15) is 111 Å². The van der Waals surface area contributed by atoms with Crippen molar-refractivity contribution in [2.24, 2.45) is 23.2 Å². The first-order chi connectivity index (χ1) is 13.0. The zero-order valence-corrected chi connectivity index (χ0v) is 20.1. The number of anilines is 1. The van der Waals surface area contributed by atoms with Crippen molar-refractivity contribution in [3.8, 4) is 0 Å². The number of rotatable bonds is 4. The van der Waals surface area contributed by atoms with Gasteiger partial charge in [0.2, 0.25) is 0 Å². The van der Waals surface area contributed by atoms with Gasteiger partial charge in [-0.25, -0.2) is 0 Å². The van der Waals surface area contributed by atoms with Gasteiger partial charge in [-0.1, -0.05) is 73.1 Å². The van der Waals surface area contributed by atoms with Crippen LogP contribution in [0.3, 0.4) is 0 Å². The fourth-order valence-corrected chi connectivity index (χ4v) is 6.89. The van der Waals surface area contributed by atoms with Crippen LogP contribution in [0.4, 0.5) is 5.69 Å². The van der Waals surface area contributed by atoms with Crippen LogP contribution in [0.5, 0.6) is 0 Å². The lowest BCUT2D eigenvalue weighted by molar-refractivity contribution is 0.0453. The number of hydrogen-bond donors (Lipinski definition) is 0. The zero-order chi connectivity index (χ0) is 20.9. The standard InChI is InChI=1S/C27H45N/c1-18(2)22-11-10-12-23(19(3)4)25(22)28-17-27(16-26(28,8)9)15-21(7)13-14-24(27)20(5)6/h10-12,18-21,24H,13-17H2,1-9H3/t21-,24+,27?/m0/s1. The molecule has 0 bridgehead atoms. The summed E-state index contributed by atoms with van der Waals surface area (Å²) in [7, 11) is 0.